The second-order valence-corrected chi connectivity index (χ2v) is 5.24. The first-order valence-corrected chi connectivity index (χ1v) is 5.89. The Morgan fingerprint density at radius 1 is 1.47 bits per heavy atom. The highest BCUT2D eigenvalue weighted by atomic mass is 35.5. The number of halogens is 1. The van der Waals surface area contributed by atoms with E-state index in [2.05, 4.69) is 23.7 Å². The summed E-state index contributed by atoms with van der Waals surface area (Å²) in [5.74, 6) is 0.457. The summed E-state index contributed by atoms with van der Waals surface area (Å²) < 4.78 is 5.64. The van der Waals surface area contributed by atoms with Crippen LogP contribution in [-0.2, 0) is 6.54 Å². The van der Waals surface area contributed by atoms with Crippen LogP contribution in [0.2, 0.25) is 5.02 Å². The van der Waals surface area contributed by atoms with E-state index in [0.29, 0.717) is 24.1 Å². The summed E-state index contributed by atoms with van der Waals surface area (Å²) in [5, 5.41) is 0.502. The van der Waals surface area contributed by atoms with Gasteiger partial charge in [0.25, 0.3) is 0 Å². The summed E-state index contributed by atoms with van der Waals surface area (Å²) in [6.45, 7) is 5.13. The highest BCUT2D eigenvalue weighted by Crippen LogP contribution is 2.23. The Labute approximate surface area is 108 Å². The van der Waals surface area contributed by atoms with Gasteiger partial charge in [-0.25, -0.2) is 4.98 Å². The first-order valence-electron chi connectivity index (χ1n) is 5.51. The van der Waals surface area contributed by atoms with Crippen LogP contribution >= 0.6 is 11.6 Å². The number of ether oxygens (including phenoxy) is 1. The molecule has 17 heavy (non-hydrogen) atoms. The standard InChI is InChI=1S/C12H20ClN3O/c1-12(2,16(3)4)8-17-11-10(13)5-9(6-14)7-15-11/h5,7H,6,8,14H2,1-4H3. The van der Waals surface area contributed by atoms with Gasteiger partial charge < -0.3 is 15.4 Å². The summed E-state index contributed by atoms with van der Waals surface area (Å²) in [6, 6.07) is 1.78. The van der Waals surface area contributed by atoms with Crippen molar-refractivity contribution in [2.75, 3.05) is 20.7 Å². The predicted molar refractivity (Wildman–Crippen MR) is 70.4 cm³/mol. The number of pyridine rings is 1. The molecule has 0 amide bonds. The Bertz CT molecular complexity index is 380. The number of hydrogen-bond donors (Lipinski definition) is 1. The molecular formula is C12H20ClN3O. The maximum atomic E-state index is 6.06. The molecule has 0 atom stereocenters. The molecule has 5 heteroatoms. The normalized spacial score (nSPS) is 11.9. The SMILES string of the molecule is CN(C)C(C)(C)COc1ncc(CN)cc1Cl. The average molecular weight is 258 g/mol. The quantitative estimate of drug-likeness (QED) is 0.876. The third-order valence-electron chi connectivity index (χ3n) is 2.87. The van der Waals surface area contributed by atoms with Crippen molar-refractivity contribution < 1.29 is 4.74 Å². The molecule has 96 valence electrons. The Morgan fingerprint density at radius 2 is 2.12 bits per heavy atom. The van der Waals surface area contributed by atoms with E-state index < -0.39 is 0 Å². The smallest absolute Gasteiger partial charge is 0.232 e. The molecular weight excluding hydrogens is 238 g/mol. The molecule has 1 rings (SSSR count). The summed E-state index contributed by atoms with van der Waals surface area (Å²) in [7, 11) is 4.02. The van der Waals surface area contributed by atoms with E-state index in [0.717, 1.165) is 5.56 Å². The molecule has 1 aromatic heterocycles. The molecule has 0 saturated heterocycles. The third kappa shape index (κ3) is 3.84. The first-order chi connectivity index (χ1) is 7.86. The molecule has 1 aromatic rings. The molecule has 0 bridgehead atoms. The van der Waals surface area contributed by atoms with E-state index in [4.69, 9.17) is 22.1 Å². The van der Waals surface area contributed by atoms with Crippen molar-refractivity contribution in [3.05, 3.63) is 22.8 Å². The van der Waals surface area contributed by atoms with Crippen molar-refractivity contribution in [2.45, 2.75) is 25.9 Å². The zero-order valence-electron chi connectivity index (χ0n) is 10.8. The fourth-order valence-electron chi connectivity index (χ4n) is 1.06. The molecule has 0 aliphatic rings. The third-order valence-corrected chi connectivity index (χ3v) is 3.14. The molecule has 2 N–H and O–H groups in total. The molecule has 0 aromatic carbocycles. The van der Waals surface area contributed by atoms with Gasteiger partial charge in [0.2, 0.25) is 5.88 Å². The van der Waals surface area contributed by atoms with Gasteiger partial charge >= 0.3 is 0 Å². The number of hydrogen-bond acceptors (Lipinski definition) is 4. The van der Waals surface area contributed by atoms with Crippen LogP contribution in [0.1, 0.15) is 19.4 Å². The van der Waals surface area contributed by atoms with Crippen molar-refractivity contribution >= 4 is 11.6 Å². The van der Waals surface area contributed by atoms with Gasteiger partial charge in [-0.1, -0.05) is 11.6 Å². The van der Waals surface area contributed by atoms with Crippen molar-refractivity contribution in [2.24, 2.45) is 5.73 Å². The van der Waals surface area contributed by atoms with Gasteiger partial charge in [-0.2, -0.15) is 0 Å². The predicted octanol–water partition coefficient (Wildman–Crippen LogP) is 1.91. The maximum absolute atomic E-state index is 6.06. The second-order valence-electron chi connectivity index (χ2n) is 4.83. The minimum atomic E-state index is -0.0719. The molecule has 0 unspecified atom stereocenters. The first kappa shape index (κ1) is 14.2. The van der Waals surface area contributed by atoms with Crippen molar-refractivity contribution in [1.82, 2.24) is 9.88 Å². The van der Waals surface area contributed by atoms with Crippen LogP contribution in [0.15, 0.2) is 12.3 Å². The fourth-order valence-corrected chi connectivity index (χ4v) is 1.30. The zero-order valence-corrected chi connectivity index (χ0v) is 11.6. The van der Waals surface area contributed by atoms with E-state index in [1.807, 2.05) is 14.1 Å². The largest absolute Gasteiger partial charge is 0.475 e. The Kier molecular flexibility index (Phi) is 4.74. The highest BCUT2D eigenvalue weighted by Gasteiger charge is 2.22. The highest BCUT2D eigenvalue weighted by molar-refractivity contribution is 6.31. The second kappa shape index (κ2) is 5.67. The molecule has 0 spiro atoms. The van der Waals surface area contributed by atoms with Gasteiger partial charge in [-0.15, -0.1) is 0 Å². The number of rotatable bonds is 5. The van der Waals surface area contributed by atoms with E-state index in [-0.39, 0.29) is 5.54 Å². The molecule has 0 radical (unpaired) electrons. The molecule has 1 heterocycles. The van der Waals surface area contributed by atoms with Crippen LogP contribution in [0.4, 0.5) is 0 Å². The van der Waals surface area contributed by atoms with E-state index in [1.54, 1.807) is 12.3 Å². The van der Waals surface area contributed by atoms with Gasteiger partial charge in [-0.05, 0) is 39.6 Å². The van der Waals surface area contributed by atoms with Gasteiger partial charge in [0, 0.05) is 18.3 Å². The lowest BCUT2D eigenvalue weighted by Gasteiger charge is -2.32. The van der Waals surface area contributed by atoms with Crippen molar-refractivity contribution in [3.63, 3.8) is 0 Å². The van der Waals surface area contributed by atoms with Gasteiger partial charge in [0.05, 0.1) is 0 Å². The molecule has 4 nitrogen and oxygen atoms in total. The number of aromatic nitrogens is 1. The van der Waals surface area contributed by atoms with E-state index in [9.17, 15) is 0 Å². The van der Waals surface area contributed by atoms with Crippen LogP contribution < -0.4 is 10.5 Å². The monoisotopic (exact) mass is 257 g/mol. The number of likely N-dealkylation sites (N-methyl/N-ethyl adjacent to an activating group) is 1. The molecule has 0 aliphatic heterocycles. The van der Waals surface area contributed by atoms with Gasteiger partial charge in [0.1, 0.15) is 11.6 Å². The van der Waals surface area contributed by atoms with Crippen LogP contribution in [0.5, 0.6) is 5.88 Å². The minimum Gasteiger partial charge on any atom is -0.475 e. The van der Waals surface area contributed by atoms with Gasteiger partial charge in [-0.3, -0.25) is 0 Å². The number of nitrogens with zero attached hydrogens (tertiary/aromatic N) is 2. The fraction of sp³-hybridized carbons (Fsp3) is 0.583. The van der Waals surface area contributed by atoms with Crippen molar-refractivity contribution in [3.8, 4) is 5.88 Å². The lowest BCUT2D eigenvalue weighted by molar-refractivity contribution is 0.111. The zero-order chi connectivity index (χ0) is 13.1. The molecule has 0 aliphatic carbocycles. The van der Waals surface area contributed by atoms with Gasteiger partial charge in [0.15, 0.2) is 0 Å². The molecule has 0 fully saturated rings. The lowest BCUT2D eigenvalue weighted by atomic mass is 10.1. The van der Waals surface area contributed by atoms with E-state index >= 15 is 0 Å². The van der Waals surface area contributed by atoms with Crippen LogP contribution in [0, 0.1) is 0 Å². The van der Waals surface area contributed by atoms with E-state index in [1.165, 1.54) is 0 Å². The topological polar surface area (TPSA) is 51.4 Å². The maximum Gasteiger partial charge on any atom is 0.232 e. The summed E-state index contributed by atoms with van der Waals surface area (Å²) in [6.07, 6.45) is 1.68. The lowest BCUT2D eigenvalue weighted by Crippen LogP contribution is -2.43. The average Bonchev–Trinajstić information content (AvgIpc) is 2.27. The van der Waals surface area contributed by atoms with Crippen LogP contribution in [0.3, 0.4) is 0 Å². The Morgan fingerprint density at radius 3 is 2.59 bits per heavy atom. The summed E-state index contributed by atoms with van der Waals surface area (Å²) in [4.78, 5) is 6.25. The van der Waals surface area contributed by atoms with Crippen molar-refractivity contribution in [1.29, 1.82) is 0 Å². The van der Waals surface area contributed by atoms with Crippen LogP contribution in [-0.4, -0.2) is 36.1 Å². The Balaban J connectivity index is 2.70. The minimum absolute atomic E-state index is 0.0719. The van der Waals surface area contributed by atoms with Crippen LogP contribution in [0.25, 0.3) is 0 Å². The Hall–Kier alpha value is -0.840. The summed E-state index contributed by atoms with van der Waals surface area (Å²) in [5.41, 5.74) is 6.33. The summed E-state index contributed by atoms with van der Waals surface area (Å²) >= 11 is 6.06. The molecule has 0 saturated carbocycles. The number of nitrogens with two attached hydrogens (primary N) is 1.